The average Bonchev–Trinajstić information content (AvgIpc) is 3.11. The number of amidine groups is 1. The molecule has 166 valence electrons. The second-order valence-corrected chi connectivity index (χ2v) is 8.62. The molecule has 0 atom stereocenters. The van der Waals surface area contributed by atoms with Gasteiger partial charge in [-0.1, -0.05) is 12.1 Å². The fraction of sp³-hybridized carbons (Fsp3) is 0.269. The minimum atomic E-state index is -0.715. The van der Waals surface area contributed by atoms with E-state index >= 15 is 0 Å². The number of aliphatic carboxylic acids is 1. The zero-order valence-electron chi connectivity index (χ0n) is 18.2. The van der Waals surface area contributed by atoms with Crippen LogP contribution >= 0.6 is 0 Å². The van der Waals surface area contributed by atoms with E-state index in [0.717, 1.165) is 39.1 Å². The topological polar surface area (TPSA) is 82.4 Å². The van der Waals surface area contributed by atoms with Gasteiger partial charge in [0.2, 0.25) is 0 Å². The third kappa shape index (κ3) is 2.92. The summed E-state index contributed by atoms with van der Waals surface area (Å²) < 4.78 is 5.65. The van der Waals surface area contributed by atoms with Gasteiger partial charge in [-0.05, 0) is 56.2 Å². The van der Waals surface area contributed by atoms with E-state index in [1.54, 1.807) is 4.90 Å². The van der Waals surface area contributed by atoms with Gasteiger partial charge in [0.25, 0.3) is 5.91 Å². The first kappa shape index (κ1) is 19.8. The Balaban J connectivity index is 1.45. The normalized spacial score (nSPS) is 17.1. The summed E-state index contributed by atoms with van der Waals surface area (Å²) >= 11 is 0. The van der Waals surface area contributed by atoms with Gasteiger partial charge in [0.05, 0.1) is 29.5 Å². The largest absolute Gasteiger partial charge is 0.494 e. The van der Waals surface area contributed by atoms with E-state index in [-0.39, 0.29) is 11.8 Å². The number of hydrogen-bond acceptors (Lipinski definition) is 5. The Bertz CT molecular complexity index is 1360. The number of carboxylic acid groups (broad SMARTS) is 1. The zero-order valence-corrected chi connectivity index (χ0v) is 18.2. The van der Waals surface area contributed by atoms with Crippen molar-refractivity contribution < 1.29 is 19.4 Å². The number of carboxylic acids is 1. The van der Waals surface area contributed by atoms with Crippen molar-refractivity contribution in [2.24, 2.45) is 10.9 Å². The highest BCUT2D eigenvalue weighted by molar-refractivity contribution is 6.40. The van der Waals surface area contributed by atoms with E-state index < -0.39 is 5.97 Å². The summed E-state index contributed by atoms with van der Waals surface area (Å²) in [4.78, 5) is 33.6. The van der Waals surface area contributed by atoms with Gasteiger partial charge >= 0.3 is 5.97 Å². The summed E-state index contributed by atoms with van der Waals surface area (Å²) in [6, 6.07) is 15.6. The number of amides is 1. The highest BCUT2D eigenvalue weighted by Crippen LogP contribution is 2.46. The number of carbonyl (C=O) groups is 2. The van der Waals surface area contributed by atoms with Crippen molar-refractivity contribution in [3.05, 3.63) is 59.7 Å². The van der Waals surface area contributed by atoms with Crippen LogP contribution in [0.15, 0.2) is 53.5 Å². The van der Waals surface area contributed by atoms with Gasteiger partial charge in [-0.3, -0.25) is 14.5 Å². The Morgan fingerprint density at radius 1 is 1.09 bits per heavy atom. The molecule has 3 aromatic rings. The zero-order chi connectivity index (χ0) is 22.7. The molecule has 3 heterocycles. The molecule has 0 radical (unpaired) electrons. The summed E-state index contributed by atoms with van der Waals surface area (Å²) in [5.74, 6) is 0.269. The second-order valence-electron chi connectivity index (χ2n) is 8.62. The number of carbonyl (C=O) groups excluding carboxylic acids is 1. The van der Waals surface area contributed by atoms with Crippen molar-refractivity contribution in [1.29, 1.82) is 0 Å². The summed E-state index contributed by atoms with van der Waals surface area (Å²) in [5, 5.41) is 11.3. The monoisotopic (exact) mass is 441 g/mol. The maximum Gasteiger partial charge on any atom is 0.306 e. The molecule has 0 aliphatic carbocycles. The lowest BCUT2D eigenvalue weighted by atomic mass is 9.95. The third-order valence-electron chi connectivity index (χ3n) is 6.81. The van der Waals surface area contributed by atoms with Gasteiger partial charge in [-0.15, -0.1) is 0 Å². The van der Waals surface area contributed by atoms with Crippen LogP contribution in [-0.4, -0.2) is 42.5 Å². The van der Waals surface area contributed by atoms with Crippen LogP contribution in [0.3, 0.4) is 0 Å². The van der Waals surface area contributed by atoms with Gasteiger partial charge in [0.1, 0.15) is 11.6 Å². The summed E-state index contributed by atoms with van der Waals surface area (Å²) in [5.41, 5.74) is 4.12. The van der Waals surface area contributed by atoms with Crippen molar-refractivity contribution in [3.63, 3.8) is 0 Å². The lowest BCUT2D eigenvalue weighted by molar-refractivity contribution is -0.142. The first-order valence-electron chi connectivity index (χ1n) is 11.3. The van der Waals surface area contributed by atoms with Crippen molar-refractivity contribution in [2.75, 3.05) is 29.5 Å². The highest BCUT2D eigenvalue weighted by atomic mass is 16.5. The Kier molecular flexibility index (Phi) is 4.40. The number of nitrogens with zero attached hydrogens (tertiary/aromatic N) is 3. The van der Waals surface area contributed by atoms with Crippen LogP contribution in [0.2, 0.25) is 0 Å². The Morgan fingerprint density at radius 3 is 2.67 bits per heavy atom. The average molecular weight is 441 g/mol. The van der Waals surface area contributed by atoms with Gasteiger partial charge in [-0.25, -0.2) is 4.99 Å². The second kappa shape index (κ2) is 7.33. The minimum Gasteiger partial charge on any atom is -0.494 e. The molecular formula is C26H23N3O4. The molecule has 1 saturated heterocycles. The molecule has 3 aliphatic heterocycles. The summed E-state index contributed by atoms with van der Waals surface area (Å²) in [6.07, 6.45) is 1.26. The van der Waals surface area contributed by atoms with E-state index in [9.17, 15) is 14.7 Å². The van der Waals surface area contributed by atoms with Crippen molar-refractivity contribution in [1.82, 2.24) is 0 Å². The highest BCUT2D eigenvalue weighted by Gasteiger charge is 2.39. The number of piperidine rings is 1. The van der Waals surface area contributed by atoms with Gasteiger partial charge < -0.3 is 14.7 Å². The number of ether oxygens (including phenoxy) is 1. The lowest BCUT2D eigenvalue weighted by Crippen LogP contribution is -2.36. The van der Waals surface area contributed by atoms with Crippen LogP contribution in [0.5, 0.6) is 5.75 Å². The predicted molar refractivity (Wildman–Crippen MR) is 127 cm³/mol. The summed E-state index contributed by atoms with van der Waals surface area (Å²) in [6.45, 7) is 3.87. The van der Waals surface area contributed by atoms with Crippen LogP contribution in [0.4, 0.5) is 17.1 Å². The maximum absolute atomic E-state index is 13.4. The molecule has 0 spiro atoms. The Morgan fingerprint density at radius 2 is 1.91 bits per heavy atom. The molecular weight excluding hydrogens is 418 g/mol. The van der Waals surface area contributed by atoms with E-state index in [2.05, 4.69) is 17.0 Å². The van der Waals surface area contributed by atoms with Gasteiger partial charge in [0, 0.05) is 35.1 Å². The number of benzene rings is 3. The number of aliphatic imine (C=N–C) groups is 1. The van der Waals surface area contributed by atoms with Crippen LogP contribution in [0, 0.1) is 5.92 Å². The minimum absolute atomic E-state index is 0.0855. The summed E-state index contributed by atoms with van der Waals surface area (Å²) in [7, 11) is 0. The molecule has 0 unspecified atom stereocenters. The molecule has 3 aromatic carbocycles. The molecule has 0 bridgehead atoms. The molecule has 1 amide bonds. The Hall–Kier alpha value is -3.87. The Labute approximate surface area is 190 Å². The van der Waals surface area contributed by atoms with E-state index in [1.807, 2.05) is 43.3 Å². The quantitative estimate of drug-likeness (QED) is 0.640. The van der Waals surface area contributed by atoms with Gasteiger partial charge in [0.15, 0.2) is 0 Å². The lowest BCUT2D eigenvalue weighted by Gasteiger charge is -2.34. The maximum atomic E-state index is 13.4. The number of anilines is 2. The molecule has 0 aromatic heterocycles. The fourth-order valence-electron chi connectivity index (χ4n) is 5.21. The first-order chi connectivity index (χ1) is 16.1. The third-order valence-corrected chi connectivity index (χ3v) is 6.81. The predicted octanol–water partition coefficient (Wildman–Crippen LogP) is 4.59. The van der Waals surface area contributed by atoms with Crippen molar-refractivity contribution in [3.8, 4) is 5.75 Å². The first-order valence-corrected chi connectivity index (χ1v) is 11.3. The van der Waals surface area contributed by atoms with Crippen LogP contribution in [0.25, 0.3) is 10.8 Å². The fourth-order valence-corrected chi connectivity index (χ4v) is 5.21. The van der Waals surface area contributed by atoms with Crippen molar-refractivity contribution in [2.45, 2.75) is 19.8 Å². The smallest absolute Gasteiger partial charge is 0.306 e. The molecule has 0 saturated carbocycles. The molecule has 7 nitrogen and oxygen atoms in total. The molecule has 3 aliphatic rings. The number of fused-ring (bicyclic) bond motifs is 4. The molecule has 6 rings (SSSR count). The van der Waals surface area contributed by atoms with Gasteiger partial charge in [-0.2, -0.15) is 0 Å². The van der Waals surface area contributed by atoms with E-state index in [4.69, 9.17) is 9.73 Å². The van der Waals surface area contributed by atoms with E-state index in [1.165, 1.54) is 0 Å². The molecule has 1 fully saturated rings. The standard InChI is InChI=1S/C26H23N3O4/c1-2-33-16-6-7-17-19(14-16)24-27-20-8-9-21(28-12-10-15(11-13-28)26(31)32)18-4-3-5-22(23(18)20)29(24)25(17)30/h3-9,14-15H,2,10-13H2,1H3,(H,31,32). The molecule has 33 heavy (non-hydrogen) atoms. The van der Waals surface area contributed by atoms with Crippen LogP contribution in [-0.2, 0) is 4.79 Å². The van der Waals surface area contributed by atoms with Crippen LogP contribution < -0.4 is 14.5 Å². The molecule has 1 N–H and O–H groups in total. The van der Waals surface area contributed by atoms with Crippen molar-refractivity contribution >= 4 is 45.5 Å². The number of rotatable bonds is 4. The van der Waals surface area contributed by atoms with E-state index in [0.29, 0.717) is 43.9 Å². The SMILES string of the molecule is CCOc1ccc2c(c1)C1=Nc3ccc(N4CCC(C(=O)O)CC4)c4cccc(c34)N1C2=O. The van der Waals surface area contributed by atoms with Crippen LogP contribution in [0.1, 0.15) is 35.7 Å². The molecule has 7 heteroatoms. The number of hydrogen-bond donors (Lipinski definition) is 1.